The Balaban J connectivity index is 2.44. The Bertz CT molecular complexity index is 2260. The molecular formula is C55H95N13O13. The third-order valence-electron chi connectivity index (χ3n) is 13.8. The van der Waals surface area contributed by atoms with E-state index in [2.05, 4.69) is 52.5 Å². The maximum Gasteiger partial charge on any atom is 0.326 e. The van der Waals surface area contributed by atoms with Crippen molar-refractivity contribution in [3.8, 4) is 0 Å². The van der Waals surface area contributed by atoms with Crippen LogP contribution in [0.5, 0.6) is 0 Å². The van der Waals surface area contributed by atoms with Gasteiger partial charge in [0.15, 0.2) is 0 Å². The average Bonchev–Trinajstić information content (AvgIpc) is 4.17. The number of hydrogen-bond acceptors (Lipinski definition) is 14. The van der Waals surface area contributed by atoms with Crippen LogP contribution in [0.25, 0.3) is 0 Å². The Labute approximate surface area is 476 Å². The molecule has 26 nitrogen and oxygen atoms in total. The van der Waals surface area contributed by atoms with E-state index in [0.717, 1.165) is 0 Å². The van der Waals surface area contributed by atoms with Crippen LogP contribution in [-0.2, 0) is 59.2 Å². The summed E-state index contributed by atoms with van der Waals surface area (Å²) in [5, 5.41) is 40.9. The second-order valence-corrected chi connectivity index (χ2v) is 23.5. The number of amides is 9. The minimum atomic E-state index is -1.59. The number of carboxylic acid groups (broad SMARTS) is 2. The molecule has 0 unspecified atom stereocenters. The molecule has 0 radical (unpaired) electrons. The summed E-state index contributed by atoms with van der Waals surface area (Å²) < 4.78 is 0. The summed E-state index contributed by atoms with van der Waals surface area (Å²) in [6, 6.07) is -12.2. The van der Waals surface area contributed by atoms with E-state index < -0.39 is 150 Å². The van der Waals surface area contributed by atoms with Crippen LogP contribution in [0.2, 0.25) is 0 Å². The fourth-order valence-electron chi connectivity index (χ4n) is 9.20. The Hall–Kier alpha value is -6.70. The molecule has 1 aliphatic heterocycles. The molecule has 81 heavy (non-hydrogen) atoms. The van der Waals surface area contributed by atoms with E-state index in [1.54, 1.807) is 69.2 Å². The second kappa shape index (κ2) is 34.6. The zero-order chi connectivity index (χ0) is 61.4. The van der Waals surface area contributed by atoms with Crippen LogP contribution in [0.3, 0.4) is 0 Å². The molecular weight excluding hydrogens is 1050 g/mol. The zero-order valence-electron chi connectivity index (χ0n) is 49.5. The monoisotopic (exact) mass is 1150 g/mol. The molecule has 1 aromatic rings. The highest BCUT2D eigenvalue weighted by Crippen LogP contribution is 2.21. The van der Waals surface area contributed by atoms with Crippen molar-refractivity contribution in [2.45, 2.75) is 214 Å². The molecule has 9 amide bonds. The van der Waals surface area contributed by atoms with Crippen molar-refractivity contribution in [2.75, 3.05) is 13.1 Å². The Morgan fingerprint density at radius 2 is 1.04 bits per heavy atom. The van der Waals surface area contributed by atoms with Gasteiger partial charge in [-0.1, -0.05) is 83.1 Å². The van der Waals surface area contributed by atoms with Gasteiger partial charge in [0, 0.05) is 31.3 Å². The first-order valence-electron chi connectivity index (χ1n) is 28.5. The normalized spacial score (nSPS) is 16.8. The van der Waals surface area contributed by atoms with Crippen LogP contribution in [0.15, 0.2) is 12.5 Å². The number of unbranched alkanes of at least 4 members (excludes halogenated alkanes) is 1. The fraction of sp³-hybridized carbons (Fsp3) is 0.745. The quantitative estimate of drug-likeness (QED) is 0.0403. The molecule has 2 heterocycles. The maximum atomic E-state index is 14.6. The highest BCUT2D eigenvalue weighted by Gasteiger charge is 2.41. The van der Waals surface area contributed by atoms with E-state index in [9.17, 15) is 63.0 Å². The lowest BCUT2D eigenvalue weighted by molar-refractivity contribution is -0.144. The Kier molecular flexibility index (Phi) is 30.0. The number of aromatic amines is 1. The summed E-state index contributed by atoms with van der Waals surface area (Å²) in [5.41, 5.74) is 12.2. The van der Waals surface area contributed by atoms with Gasteiger partial charge in [-0.25, -0.2) is 9.78 Å². The van der Waals surface area contributed by atoms with E-state index in [4.69, 9.17) is 11.5 Å². The minimum Gasteiger partial charge on any atom is -0.481 e. The number of H-pyrrole nitrogens is 1. The Morgan fingerprint density at radius 1 is 0.580 bits per heavy atom. The lowest BCUT2D eigenvalue weighted by Crippen LogP contribution is -2.61. The Morgan fingerprint density at radius 3 is 1.52 bits per heavy atom. The number of nitrogens with one attached hydrogen (secondary N) is 9. The summed E-state index contributed by atoms with van der Waals surface area (Å²) in [5.74, 6) is -10.8. The summed E-state index contributed by atoms with van der Waals surface area (Å²) >= 11 is 0. The molecule has 458 valence electrons. The van der Waals surface area contributed by atoms with Gasteiger partial charge in [-0.05, 0) is 99.8 Å². The average molecular weight is 1150 g/mol. The molecule has 0 bridgehead atoms. The summed E-state index contributed by atoms with van der Waals surface area (Å²) in [7, 11) is 0. The summed E-state index contributed by atoms with van der Waals surface area (Å²) in [6.07, 6.45) is 3.61. The molecule has 0 aromatic carbocycles. The van der Waals surface area contributed by atoms with Crippen LogP contribution in [-0.4, -0.2) is 164 Å². The van der Waals surface area contributed by atoms with E-state index in [1.165, 1.54) is 17.4 Å². The highest BCUT2D eigenvalue weighted by molar-refractivity contribution is 5.99. The van der Waals surface area contributed by atoms with Gasteiger partial charge in [0.25, 0.3) is 0 Å². The number of carboxylic acids is 2. The number of nitrogens with two attached hydrogens (primary N) is 2. The van der Waals surface area contributed by atoms with Crippen molar-refractivity contribution < 1.29 is 63.0 Å². The predicted molar refractivity (Wildman–Crippen MR) is 301 cm³/mol. The van der Waals surface area contributed by atoms with Gasteiger partial charge in [0.05, 0.1) is 12.4 Å². The van der Waals surface area contributed by atoms with Crippen LogP contribution < -0.4 is 54.0 Å². The third kappa shape index (κ3) is 24.1. The van der Waals surface area contributed by atoms with Crippen molar-refractivity contribution in [3.05, 3.63) is 18.2 Å². The highest BCUT2D eigenvalue weighted by atomic mass is 16.4. The number of likely N-dealkylation sites (tertiary alicyclic amines) is 1. The molecule has 1 aromatic heterocycles. The van der Waals surface area contributed by atoms with E-state index >= 15 is 0 Å². The molecule has 1 fully saturated rings. The maximum absolute atomic E-state index is 14.6. The van der Waals surface area contributed by atoms with Crippen molar-refractivity contribution >= 4 is 65.1 Å². The number of carbonyl (C=O) groups excluding carboxylic acids is 9. The van der Waals surface area contributed by atoms with Gasteiger partial charge in [0.1, 0.15) is 54.4 Å². The molecule has 15 N–H and O–H groups in total. The molecule has 2 rings (SSSR count). The third-order valence-corrected chi connectivity index (χ3v) is 13.8. The van der Waals surface area contributed by atoms with Crippen LogP contribution in [0, 0.1) is 35.5 Å². The van der Waals surface area contributed by atoms with Gasteiger partial charge in [-0.2, -0.15) is 0 Å². The zero-order valence-corrected chi connectivity index (χ0v) is 49.5. The lowest BCUT2D eigenvalue weighted by Gasteiger charge is -2.31. The SMILES string of the molecule is CC(C)C[C@H](NC(=O)[C@@H](NC(=O)[C@@H]1CCCN1C(=O)[C@H](Cc1cnc[nH]1)NC(=O)[C@H](CCC(=O)O)NC(=O)[C@H](CC(C)C)NC(=O)[C@H](CC(C)C)NC(=O)[C@@H](NC(=O)[C@H](CCCCN)NC(=O)[C@@H](N)C(C)C)C(C)C)C(C)C)C(=O)O. The minimum absolute atomic E-state index is 0.0202. The van der Waals surface area contributed by atoms with Crippen LogP contribution >= 0.6 is 0 Å². The molecule has 10 atom stereocenters. The van der Waals surface area contributed by atoms with Crippen molar-refractivity contribution in [1.29, 1.82) is 0 Å². The van der Waals surface area contributed by atoms with E-state index in [0.29, 0.717) is 31.5 Å². The van der Waals surface area contributed by atoms with Crippen molar-refractivity contribution in [1.82, 2.24) is 57.4 Å². The largest absolute Gasteiger partial charge is 0.481 e. The number of hydrogen-bond donors (Lipinski definition) is 13. The molecule has 0 saturated carbocycles. The van der Waals surface area contributed by atoms with Crippen molar-refractivity contribution in [3.63, 3.8) is 0 Å². The molecule has 1 aliphatic rings. The molecule has 26 heteroatoms. The van der Waals surface area contributed by atoms with Crippen LogP contribution in [0.1, 0.15) is 153 Å². The lowest BCUT2D eigenvalue weighted by atomic mass is 9.98. The second-order valence-electron chi connectivity index (χ2n) is 23.5. The standard InChI is InChI=1S/C55H95N13O13/c1-28(2)22-37(62-49(74)38(23-29(3)4)63-52(77)44(32(9)10)66-47(72)35(16-13-14-20-56)61-51(76)43(57)31(7)8)48(73)60-36(18-19-42(69)70)46(71)64-39(25-34-26-58-27-59-34)54(79)68-21-15-17-41(68)50(75)67-45(33(11)12)53(78)65-40(55(80)81)24-30(5)6/h26-33,35-41,43-45H,13-25,56-57H2,1-12H3,(H,58,59)(H,60,73)(H,61,76)(H,62,74)(H,63,77)(H,64,71)(H,65,78)(H,66,72)(H,67,75)(H,69,70)(H,80,81)/t35-,36-,37-,38-,39-,40-,41-,43-,44-,45-/m0/s1. The van der Waals surface area contributed by atoms with Crippen LogP contribution in [0.4, 0.5) is 0 Å². The molecule has 1 saturated heterocycles. The van der Waals surface area contributed by atoms with Gasteiger partial charge in [-0.15, -0.1) is 0 Å². The molecule has 0 aliphatic carbocycles. The first-order valence-corrected chi connectivity index (χ1v) is 28.5. The topological polar surface area (TPSA) is 408 Å². The van der Waals surface area contributed by atoms with Crippen molar-refractivity contribution in [2.24, 2.45) is 47.0 Å². The first-order chi connectivity index (χ1) is 37.9. The van der Waals surface area contributed by atoms with Gasteiger partial charge in [-0.3, -0.25) is 47.9 Å². The number of aromatic nitrogens is 2. The number of aliphatic carboxylic acids is 2. The first kappa shape index (κ1) is 70.4. The van der Waals surface area contributed by atoms with Gasteiger partial charge < -0.3 is 74.1 Å². The van der Waals surface area contributed by atoms with E-state index in [1.807, 2.05) is 13.8 Å². The number of imidazole rings is 1. The predicted octanol–water partition coefficient (Wildman–Crippen LogP) is 0.334. The number of carbonyl (C=O) groups is 11. The van der Waals surface area contributed by atoms with Gasteiger partial charge in [0.2, 0.25) is 53.2 Å². The smallest absolute Gasteiger partial charge is 0.326 e. The fourth-order valence-corrected chi connectivity index (χ4v) is 9.20. The van der Waals surface area contributed by atoms with E-state index in [-0.39, 0.29) is 68.7 Å². The number of nitrogens with zero attached hydrogens (tertiary/aromatic N) is 2. The summed E-state index contributed by atoms with van der Waals surface area (Å²) in [4.78, 5) is 158. The summed E-state index contributed by atoms with van der Waals surface area (Å²) in [6.45, 7) is 21.5. The molecule has 0 spiro atoms. The van der Waals surface area contributed by atoms with Gasteiger partial charge >= 0.3 is 11.9 Å². The number of rotatable bonds is 36.